The first-order valence-corrected chi connectivity index (χ1v) is 13.9. The van der Waals surface area contributed by atoms with Crippen LogP contribution >= 0.6 is 22.2 Å². The Morgan fingerprint density at radius 1 is 0.958 bits per heavy atom. The molecule has 132 valence electrons. The number of rotatable bonds is 4. The quantitative estimate of drug-likeness (QED) is 0.406. The Morgan fingerprint density at radius 3 is 1.67 bits per heavy atom. The van der Waals surface area contributed by atoms with Crippen molar-refractivity contribution >= 4 is 46.0 Å². The Labute approximate surface area is 157 Å². The van der Waals surface area contributed by atoms with Gasteiger partial charge >= 0.3 is 6.16 Å². The summed E-state index contributed by atoms with van der Waals surface area (Å²) in [4.78, 5) is 12.5. The van der Waals surface area contributed by atoms with Crippen LogP contribution in [0.1, 0.15) is 27.7 Å². The lowest BCUT2D eigenvalue weighted by atomic mass is 9.93. The maximum absolute atomic E-state index is 12.5. The summed E-state index contributed by atoms with van der Waals surface area (Å²) in [5.74, 6) is 0. The third-order valence-electron chi connectivity index (χ3n) is 4.69. The van der Waals surface area contributed by atoms with Gasteiger partial charge in [-0.3, -0.25) is 0 Å². The summed E-state index contributed by atoms with van der Waals surface area (Å²) in [7, 11) is -1.81. The van der Waals surface area contributed by atoms with E-state index in [2.05, 4.69) is 12.2 Å². The van der Waals surface area contributed by atoms with Gasteiger partial charge in [-0.25, -0.2) is 4.79 Å². The average molecular weight is 403 g/mol. The highest BCUT2D eigenvalue weighted by Gasteiger charge is 2.41. The first-order valence-electron chi connectivity index (χ1n) is 8.01. The Kier molecular flexibility index (Phi) is 6.23. The van der Waals surface area contributed by atoms with Crippen molar-refractivity contribution in [1.82, 2.24) is 0 Å². The van der Waals surface area contributed by atoms with Crippen molar-refractivity contribution in [1.29, 1.82) is 0 Å². The van der Waals surface area contributed by atoms with Crippen LogP contribution in [0.2, 0.25) is 11.1 Å². The van der Waals surface area contributed by atoms with Crippen molar-refractivity contribution in [2.24, 2.45) is 0 Å². The maximum atomic E-state index is 12.5. The number of hydrogen-bond acceptors (Lipinski definition) is 3. The van der Waals surface area contributed by atoms with Gasteiger partial charge in [0.15, 0.2) is 0 Å². The van der Waals surface area contributed by atoms with E-state index in [0.717, 1.165) is 11.1 Å². The van der Waals surface area contributed by atoms with Crippen LogP contribution in [0.4, 0.5) is 4.79 Å². The zero-order chi connectivity index (χ0) is 18.0. The van der Waals surface area contributed by atoms with E-state index in [4.69, 9.17) is 31.6 Å². The van der Waals surface area contributed by atoms with Gasteiger partial charge in [0.05, 0.1) is 0 Å². The van der Waals surface area contributed by atoms with Gasteiger partial charge in [-0.05, 0) is 39.8 Å². The van der Waals surface area contributed by atoms with Gasteiger partial charge in [-0.15, -0.1) is 0 Å². The molecular formula is C17H24Cl2O3Si2. The third-order valence-corrected chi connectivity index (χ3v) is 9.45. The molecule has 2 aliphatic rings. The highest BCUT2D eigenvalue weighted by Crippen LogP contribution is 2.38. The molecule has 0 spiro atoms. The van der Waals surface area contributed by atoms with Gasteiger partial charge in [-0.2, -0.15) is 22.2 Å². The number of ether oxygens (including phenoxy) is 2. The molecular weight excluding hydrogens is 379 g/mol. The normalized spacial score (nSPS) is 36.2. The van der Waals surface area contributed by atoms with Crippen LogP contribution in [0.3, 0.4) is 0 Å². The van der Waals surface area contributed by atoms with Crippen molar-refractivity contribution in [2.75, 3.05) is 0 Å². The fourth-order valence-electron chi connectivity index (χ4n) is 2.91. The Morgan fingerprint density at radius 2 is 1.33 bits per heavy atom. The molecule has 0 amide bonds. The molecule has 3 nitrogen and oxygen atoms in total. The summed E-state index contributed by atoms with van der Waals surface area (Å²) in [6.45, 7) is 7.79. The lowest BCUT2D eigenvalue weighted by Crippen LogP contribution is -2.42. The van der Waals surface area contributed by atoms with Crippen molar-refractivity contribution in [3.8, 4) is 0 Å². The molecule has 4 atom stereocenters. The van der Waals surface area contributed by atoms with E-state index in [9.17, 15) is 4.79 Å². The van der Waals surface area contributed by atoms with Crippen LogP contribution in [0.5, 0.6) is 0 Å². The number of allylic oxidation sites excluding steroid dienone is 4. The van der Waals surface area contributed by atoms with Crippen LogP contribution in [0, 0.1) is 0 Å². The largest absolute Gasteiger partial charge is 0.510 e. The summed E-state index contributed by atoms with van der Waals surface area (Å²) in [5.41, 5.74) is 0.869. The average Bonchev–Trinajstić information content (AvgIpc) is 2.52. The summed E-state index contributed by atoms with van der Waals surface area (Å²) in [6.07, 6.45) is 11.2. The zero-order valence-corrected chi connectivity index (χ0v) is 18.9. The third kappa shape index (κ3) is 4.25. The van der Waals surface area contributed by atoms with Gasteiger partial charge in [0.1, 0.15) is 28.9 Å². The smallest absolute Gasteiger partial charge is 0.423 e. The highest BCUT2D eigenvalue weighted by atomic mass is 35.6. The molecule has 2 rings (SSSR count). The fourth-order valence-corrected chi connectivity index (χ4v) is 7.26. The first-order chi connectivity index (χ1) is 11.2. The van der Waals surface area contributed by atoms with Gasteiger partial charge in [0.2, 0.25) is 0 Å². The van der Waals surface area contributed by atoms with E-state index >= 15 is 0 Å². The van der Waals surface area contributed by atoms with E-state index in [1.807, 2.05) is 52.0 Å². The van der Waals surface area contributed by atoms with E-state index in [-0.39, 0.29) is 11.1 Å². The summed E-state index contributed by atoms with van der Waals surface area (Å²) < 4.78 is 11.4. The second-order valence-electron chi connectivity index (χ2n) is 6.83. The second kappa shape index (κ2) is 7.64. The first kappa shape index (κ1) is 19.6. The van der Waals surface area contributed by atoms with Crippen LogP contribution in [0.25, 0.3) is 0 Å². The molecule has 0 saturated heterocycles. The molecule has 4 unspecified atom stereocenters. The molecule has 0 aliphatic heterocycles. The van der Waals surface area contributed by atoms with Crippen molar-refractivity contribution in [2.45, 2.75) is 50.0 Å². The van der Waals surface area contributed by atoms with Crippen molar-refractivity contribution in [3.63, 3.8) is 0 Å². The summed E-state index contributed by atoms with van der Waals surface area (Å²) in [5, 5.41) is 0. The summed E-state index contributed by atoms with van der Waals surface area (Å²) >= 11 is 12.4. The maximum Gasteiger partial charge on any atom is 0.510 e. The Bertz CT molecular complexity index is 577. The zero-order valence-electron chi connectivity index (χ0n) is 14.5. The Balaban J connectivity index is 2.10. The van der Waals surface area contributed by atoms with Gasteiger partial charge in [0, 0.05) is 11.1 Å². The number of carbonyl (C=O) groups excluding carboxylic acids is 1. The molecule has 0 heterocycles. The highest BCUT2D eigenvalue weighted by molar-refractivity contribution is 6.95. The SMILES string of the molecule is CC1=CC([SiH2]Cl)C(C)(OC(=O)OC2(C)C=CC(C)=CC2[SiH2]Cl)C=C1. The molecule has 0 radical (unpaired) electrons. The Hall–Kier alpha value is -0.756. The van der Waals surface area contributed by atoms with E-state index in [1.54, 1.807) is 0 Å². The molecule has 2 aliphatic carbocycles. The minimum absolute atomic E-state index is 0.0479. The van der Waals surface area contributed by atoms with E-state index in [0.29, 0.717) is 0 Å². The molecule has 0 N–H and O–H groups in total. The molecule has 0 bridgehead atoms. The van der Waals surface area contributed by atoms with E-state index in [1.165, 1.54) is 0 Å². The minimum Gasteiger partial charge on any atom is -0.423 e. The molecule has 0 aromatic heterocycles. The molecule has 0 fully saturated rings. The number of hydrogen-bond donors (Lipinski definition) is 0. The van der Waals surface area contributed by atoms with Crippen LogP contribution in [-0.2, 0) is 9.47 Å². The molecule has 24 heavy (non-hydrogen) atoms. The predicted octanol–water partition coefficient (Wildman–Crippen LogP) is 3.91. The summed E-state index contributed by atoms with van der Waals surface area (Å²) in [6, 6.07) is 0. The van der Waals surface area contributed by atoms with Gasteiger partial charge < -0.3 is 9.47 Å². The van der Waals surface area contributed by atoms with Gasteiger partial charge in [-0.1, -0.05) is 35.5 Å². The van der Waals surface area contributed by atoms with Gasteiger partial charge in [0.25, 0.3) is 0 Å². The molecule has 0 aromatic carbocycles. The minimum atomic E-state index is -0.904. The standard InChI is InChI=1S/C17H24Cl2O3Si2/c1-11-5-7-16(3,13(9-11)23-18)21-15(20)22-17(4)8-6-12(2)10-14(17)24-19/h5-10,13-14H,23-24H2,1-4H3. The lowest BCUT2D eigenvalue weighted by Gasteiger charge is -2.38. The van der Waals surface area contributed by atoms with E-state index < -0.39 is 35.0 Å². The second-order valence-corrected chi connectivity index (χ2v) is 11.1. The lowest BCUT2D eigenvalue weighted by molar-refractivity contribution is -0.0386. The molecule has 0 saturated carbocycles. The molecule has 7 heteroatoms. The fraction of sp³-hybridized carbons (Fsp3) is 0.471. The van der Waals surface area contributed by atoms with Crippen molar-refractivity contribution in [3.05, 3.63) is 47.6 Å². The monoisotopic (exact) mass is 402 g/mol. The van der Waals surface area contributed by atoms with Crippen LogP contribution in [-0.4, -0.2) is 35.0 Å². The topological polar surface area (TPSA) is 35.5 Å². The van der Waals surface area contributed by atoms with Crippen LogP contribution in [0.15, 0.2) is 47.6 Å². The number of halogens is 2. The predicted molar refractivity (Wildman–Crippen MR) is 106 cm³/mol. The van der Waals surface area contributed by atoms with Crippen LogP contribution < -0.4 is 0 Å². The number of carbonyl (C=O) groups is 1. The molecule has 0 aromatic rings. The van der Waals surface area contributed by atoms with Crippen molar-refractivity contribution < 1.29 is 14.3 Å².